The fourth-order valence-electron chi connectivity index (χ4n) is 1.97. The van der Waals surface area contributed by atoms with Crippen LogP contribution in [0.5, 0.6) is 5.75 Å². The fraction of sp³-hybridized carbons (Fsp3) is 0.500. The largest absolute Gasteiger partial charge is 0.484 e. The highest BCUT2D eigenvalue weighted by molar-refractivity contribution is 6.17. The highest BCUT2D eigenvalue weighted by Crippen LogP contribution is 2.29. The number of hydrogen-bond acceptors (Lipinski definition) is 1. The average molecular weight is 247 g/mol. The summed E-state index contributed by atoms with van der Waals surface area (Å²) in [4.78, 5) is 0. The Hall–Kier alpha value is -0.830. The highest BCUT2D eigenvalue weighted by Gasteiger charge is 2.21. The van der Waals surface area contributed by atoms with Crippen LogP contribution in [0.2, 0.25) is 0 Å². The van der Waals surface area contributed by atoms with Gasteiger partial charge in [-0.25, -0.2) is 8.78 Å². The van der Waals surface area contributed by atoms with E-state index in [0.717, 1.165) is 25.7 Å². The Morgan fingerprint density at radius 1 is 1.19 bits per heavy atom. The maximum atomic E-state index is 13.5. The zero-order valence-corrected chi connectivity index (χ0v) is 9.57. The lowest BCUT2D eigenvalue weighted by atomic mass is 10.2. The maximum Gasteiger partial charge on any atom is 0.191 e. The first kappa shape index (κ1) is 11.6. The first-order chi connectivity index (χ1) is 7.70. The van der Waals surface area contributed by atoms with Gasteiger partial charge in [-0.2, -0.15) is 0 Å². The molecule has 0 radical (unpaired) electrons. The van der Waals surface area contributed by atoms with E-state index in [0.29, 0.717) is 5.56 Å². The molecule has 0 bridgehead atoms. The van der Waals surface area contributed by atoms with Crippen LogP contribution in [0, 0.1) is 11.6 Å². The molecule has 0 spiro atoms. The van der Waals surface area contributed by atoms with Crippen molar-refractivity contribution in [3.05, 3.63) is 29.3 Å². The van der Waals surface area contributed by atoms with Crippen molar-refractivity contribution in [2.75, 3.05) is 0 Å². The molecule has 0 aromatic heterocycles. The second-order valence-corrected chi connectivity index (χ2v) is 4.31. The molecule has 1 aliphatic carbocycles. The molecule has 1 nitrogen and oxygen atoms in total. The van der Waals surface area contributed by atoms with E-state index >= 15 is 0 Å². The van der Waals surface area contributed by atoms with Crippen LogP contribution >= 0.6 is 11.6 Å². The lowest BCUT2D eigenvalue weighted by Gasteiger charge is -2.14. The zero-order valence-electron chi connectivity index (χ0n) is 8.81. The molecule has 1 saturated carbocycles. The topological polar surface area (TPSA) is 9.23 Å². The summed E-state index contributed by atoms with van der Waals surface area (Å²) in [5.41, 5.74) is 0.426. The maximum absolute atomic E-state index is 13.5. The second kappa shape index (κ2) is 5.00. The molecule has 16 heavy (non-hydrogen) atoms. The molecule has 0 N–H and O–H groups in total. The molecule has 2 rings (SSSR count). The zero-order chi connectivity index (χ0) is 11.5. The van der Waals surface area contributed by atoms with Crippen LogP contribution in [0.1, 0.15) is 31.2 Å². The molecule has 1 aromatic rings. The second-order valence-electron chi connectivity index (χ2n) is 4.05. The van der Waals surface area contributed by atoms with Crippen molar-refractivity contribution in [2.24, 2.45) is 0 Å². The van der Waals surface area contributed by atoms with Crippen LogP contribution in [0.4, 0.5) is 8.78 Å². The highest BCUT2D eigenvalue weighted by atomic mass is 35.5. The van der Waals surface area contributed by atoms with Crippen molar-refractivity contribution < 1.29 is 13.5 Å². The third-order valence-electron chi connectivity index (χ3n) is 2.80. The van der Waals surface area contributed by atoms with Crippen molar-refractivity contribution in [2.45, 2.75) is 37.7 Å². The van der Waals surface area contributed by atoms with Gasteiger partial charge in [0.05, 0.1) is 6.10 Å². The number of hydrogen-bond donors (Lipinski definition) is 0. The summed E-state index contributed by atoms with van der Waals surface area (Å²) in [6, 6.07) is 2.45. The van der Waals surface area contributed by atoms with Crippen LogP contribution in [-0.4, -0.2) is 6.10 Å². The van der Waals surface area contributed by atoms with Crippen LogP contribution < -0.4 is 4.74 Å². The third kappa shape index (κ3) is 2.46. The van der Waals surface area contributed by atoms with Gasteiger partial charge in [0.1, 0.15) is 0 Å². The van der Waals surface area contributed by atoms with Gasteiger partial charge in [-0.1, -0.05) is 0 Å². The average Bonchev–Trinajstić information content (AvgIpc) is 2.75. The first-order valence-corrected chi connectivity index (χ1v) is 5.94. The molecule has 0 saturated heterocycles. The van der Waals surface area contributed by atoms with E-state index in [2.05, 4.69) is 0 Å². The van der Waals surface area contributed by atoms with E-state index in [1.165, 1.54) is 12.1 Å². The summed E-state index contributed by atoms with van der Waals surface area (Å²) < 4.78 is 32.4. The summed E-state index contributed by atoms with van der Waals surface area (Å²) >= 11 is 5.52. The molecular formula is C12H13ClF2O. The monoisotopic (exact) mass is 246 g/mol. The third-order valence-corrected chi connectivity index (χ3v) is 3.11. The minimum Gasteiger partial charge on any atom is -0.484 e. The predicted molar refractivity (Wildman–Crippen MR) is 58.8 cm³/mol. The van der Waals surface area contributed by atoms with Crippen molar-refractivity contribution in [3.63, 3.8) is 0 Å². The van der Waals surface area contributed by atoms with Crippen LogP contribution in [0.3, 0.4) is 0 Å². The summed E-state index contributed by atoms with van der Waals surface area (Å²) in [6.45, 7) is 0. The van der Waals surface area contributed by atoms with Crippen molar-refractivity contribution in [1.82, 2.24) is 0 Å². The molecule has 1 aliphatic rings. The van der Waals surface area contributed by atoms with Crippen LogP contribution in [0.25, 0.3) is 0 Å². The Kier molecular flexibility index (Phi) is 3.64. The number of benzene rings is 1. The fourth-order valence-corrected chi connectivity index (χ4v) is 2.13. The summed E-state index contributed by atoms with van der Waals surface area (Å²) in [5.74, 6) is -1.50. The van der Waals surface area contributed by atoms with Crippen molar-refractivity contribution >= 4 is 11.6 Å². The summed E-state index contributed by atoms with van der Waals surface area (Å²) in [7, 11) is 0. The van der Waals surface area contributed by atoms with Gasteiger partial charge in [0.25, 0.3) is 0 Å². The molecule has 0 unspecified atom stereocenters. The lowest BCUT2D eigenvalue weighted by Crippen LogP contribution is -2.13. The van der Waals surface area contributed by atoms with Gasteiger partial charge in [0.2, 0.25) is 0 Å². The van der Waals surface area contributed by atoms with Crippen molar-refractivity contribution in [3.8, 4) is 5.75 Å². The van der Waals surface area contributed by atoms with E-state index in [9.17, 15) is 8.78 Å². The van der Waals surface area contributed by atoms with E-state index in [1.807, 2.05) is 0 Å². The molecule has 0 amide bonds. The smallest absolute Gasteiger partial charge is 0.191 e. The minimum atomic E-state index is -0.664. The quantitative estimate of drug-likeness (QED) is 0.732. The summed E-state index contributed by atoms with van der Waals surface area (Å²) in [5, 5.41) is 0. The lowest BCUT2D eigenvalue weighted by molar-refractivity contribution is 0.191. The Balaban J connectivity index is 2.19. The molecule has 1 fully saturated rings. The Morgan fingerprint density at radius 3 is 2.25 bits per heavy atom. The molecule has 0 aliphatic heterocycles. The van der Waals surface area contributed by atoms with Crippen LogP contribution in [-0.2, 0) is 5.88 Å². The number of ether oxygens (including phenoxy) is 1. The summed E-state index contributed by atoms with van der Waals surface area (Å²) in [6.07, 6.45) is 3.82. The molecule has 0 atom stereocenters. The van der Waals surface area contributed by atoms with Gasteiger partial charge in [-0.05, 0) is 43.4 Å². The number of rotatable bonds is 3. The molecule has 88 valence electrons. The van der Waals surface area contributed by atoms with Gasteiger partial charge >= 0.3 is 0 Å². The molecular weight excluding hydrogens is 234 g/mol. The normalized spacial score (nSPS) is 16.7. The molecule has 0 heterocycles. The molecule has 4 heteroatoms. The van der Waals surface area contributed by atoms with Crippen LogP contribution in [0.15, 0.2) is 12.1 Å². The van der Waals surface area contributed by atoms with Crippen molar-refractivity contribution in [1.29, 1.82) is 0 Å². The number of alkyl halides is 1. The van der Waals surface area contributed by atoms with Gasteiger partial charge < -0.3 is 4.74 Å². The number of halogens is 3. The van der Waals surface area contributed by atoms with Gasteiger partial charge in [-0.3, -0.25) is 0 Å². The first-order valence-electron chi connectivity index (χ1n) is 5.41. The van der Waals surface area contributed by atoms with Gasteiger partial charge in [-0.15, -0.1) is 11.6 Å². The molecule has 1 aromatic carbocycles. The van der Waals surface area contributed by atoms with Gasteiger partial charge in [0, 0.05) is 5.88 Å². The van der Waals surface area contributed by atoms with E-state index in [4.69, 9.17) is 16.3 Å². The predicted octanol–water partition coefficient (Wildman–Crippen LogP) is 4.03. The SMILES string of the molecule is Fc1cc(CCl)cc(F)c1OC1CCCC1. The van der Waals surface area contributed by atoms with E-state index < -0.39 is 11.6 Å². The Morgan fingerprint density at radius 2 is 1.75 bits per heavy atom. The Bertz CT molecular complexity index is 352. The Labute approximate surface area is 98.4 Å². The minimum absolute atomic E-state index is 0.0501. The van der Waals surface area contributed by atoms with Gasteiger partial charge in [0.15, 0.2) is 17.4 Å². The standard InChI is InChI=1S/C12H13ClF2O/c13-7-8-5-10(14)12(11(15)6-8)16-9-3-1-2-4-9/h5-6,9H,1-4,7H2. The van der Waals surface area contributed by atoms with E-state index in [1.54, 1.807) is 0 Å². The van der Waals surface area contributed by atoms with E-state index in [-0.39, 0.29) is 17.7 Å².